The van der Waals surface area contributed by atoms with Gasteiger partial charge in [0.1, 0.15) is 11.0 Å². The molecule has 0 amide bonds. The Morgan fingerprint density at radius 3 is 1.33 bits per heavy atom. The van der Waals surface area contributed by atoms with Crippen molar-refractivity contribution in [3.8, 4) is 41.8 Å². The molecule has 0 saturated carbocycles. The normalized spacial score (nSPS) is 15.6. The van der Waals surface area contributed by atoms with Gasteiger partial charge in [0.05, 0.1) is 11.7 Å². The van der Waals surface area contributed by atoms with Crippen LogP contribution in [0.1, 0.15) is 88.8 Å². The monoisotopic (exact) mass is 644 g/mol. The van der Waals surface area contributed by atoms with E-state index in [4.69, 9.17) is 8.75 Å². The van der Waals surface area contributed by atoms with E-state index in [9.17, 15) is 0 Å². The number of benzene rings is 3. The van der Waals surface area contributed by atoms with Crippen LogP contribution in [0.3, 0.4) is 0 Å². The molecule has 3 heterocycles. The van der Waals surface area contributed by atoms with Gasteiger partial charge >= 0.3 is 0 Å². The summed E-state index contributed by atoms with van der Waals surface area (Å²) in [7, 11) is 0. The van der Waals surface area contributed by atoms with E-state index in [0.29, 0.717) is 11.8 Å². The van der Waals surface area contributed by atoms with E-state index < -0.39 is 0 Å². The van der Waals surface area contributed by atoms with Crippen molar-refractivity contribution >= 4 is 45.4 Å². The van der Waals surface area contributed by atoms with Crippen molar-refractivity contribution in [1.29, 1.82) is 0 Å². The molecule has 0 radical (unpaired) electrons. The number of rotatable bonds is 6. The topological polar surface area (TPSA) is 25.8 Å². The van der Waals surface area contributed by atoms with E-state index in [1.54, 1.807) is 0 Å². The molecule has 45 heavy (non-hydrogen) atoms. The molecule has 5 heteroatoms. The SMILES string of the molecule is CC(C)Cc1ccc2c(c1)C(C)(C)c1cc(-c3ccc(-c4cc5c(s4)-c4ccc(CC(C)C)cc4C5(C)C)c4nsnc34)sc1-2. The number of aromatic nitrogens is 2. The van der Waals surface area contributed by atoms with E-state index in [1.165, 1.54) is 86.9 Å². The minimum Gasteiger partial charge on any atom is -0.172 e. The van der Waals surface area contributed by atoms with Gasteiger partial charge in [-0.15, -0.1) is 22.7 Å². The van der Waals surface area contributed by atoms with Gasteiger partial charge in [-0.25, -0.2) is 0 Å². The van der Waals surface area contributed by atoms with Gasteiger partial charge in [-0.3, -0.25) is 0 Å². The predicted octanol–water partition coefficient (Wildman–Crippen LogP) is 12.2. The summed E-state index contributed by atoms with van der Waals surface area (Å²) < 4.78 is 9.77. The van der Waals surface area contributed by atoms with Crippen molar-refractivity contribution in [3.63, 3.8) is 0 Å². The van der Waals surface area contributed by atoms with Crippen LogP contribution in [0, 0.1) is 11.8 Å². The van der Waals surface area contributed by atoms with Gasteiger partial charge < -0.3 is 0 Å². The Balaban J connectivity index is 1.18. The van der Waals surface area contributed by atoms with Crippen LogP contribution in [-0.2, 0) is 23.7 Å². The first-order valence-electron chi connectivity index (χ1n) is 16.3. The maximum atomic E-state index is 4.89. The number of nitrogens with zero attached hydrogens (tertiary/aromatic N) is 2. The maximum absolute atomic E-state index is 4.89. The largest absolute Gasteiger partial charge is 0.172 e. The lowest BCUT2D eigenvalue weighted by atomic mass is 9.81. The Labute approximate surface area is 279 Å². The zero-order valence-corrected chi connectivity index (χ0v) is 29.9. The standard InChI is InChI=1S/C40H40N2S3/c1-21(2)15-23-9-11-25-29(17-23)39(5,6)31-19-33(43-37(25)31)27-13-14-28(36-35(27)41-45-42-36)34-20-32-38(44-34)26-12-10-24(16-22(3)4)18-30(26)40(32,7)8/h9-14,17-22H,15-16H2,1-8H3. The summed E-state index contributed by atoms with van der Waals surface area (Å²) in [5, 5.41) is 0. The quantitative estimate of drug-likeness (QED) is 0.180. The Hall–Kier alpha value is -3.12. The summed E-state index contributed by atoms with van der Waals surface area (Å²) in [5.74, 6) is 1.32. The lowest BCUT2D eigenvalue weighted by Crippen LogP contribution is -2.15. The molecular formula is C40H40N2S3. The molecular weight excluding hydrogens is 605 g/mol. The smallest absolute Gasteiger partial charge is 0.114 e. The zero-order chi connectivity index (χ0) is 31.4. The highest BCUT2D eigenvalue weighted by molar-refractivity contribution is 7.19. The molecule has 3 aromatic carbocycles. The fourth-order valence-electron chi connectivity index (χ4n) is 7.74. The Morgan fingerprint density at radius 2 is 0.933 bits per heavy atom. The fourth-order valence-corrected chi connectivity index (χ4v) is 11.1. The van der Waals surface area contributed by atoms with Crippen LogP contribution >= 0.6 is 34.4 Å². The number of hydrogen-bond donors (Lipinski definition) is 0. The summed E-state index contributed by atoms with van der Waals surface area (Å²) in [6.45, 7) is 18.7. The first-order valence-corrected chi connectivity index (χ1v) is 18.6. The third kappa shape index (κ3) is 4.45. The molecule has 0 fully saturated rings. The van der Waals surface area contributed by atoms with Gasteiger partial charge in [0, 0.05) is 41.5 Å². The van der Waals surface area contributed by atoms with Crippen molar-refractivity contribution in [2.24, 2.45) is 11.8 Å². The molecule has 2 nitrogen and oxygen atoms in total. The Kier molecular flexibility index (Phi) is 6.63. The average molecular weight is 645 g/mol. The highest BCUT2D eigenvalue weighted by Crippen LogP contribution is 2.57. The summed E-state index contributed by atoms with van der Waals surface area (Å²) in [5.41, 5.74) is 15.9. The molecule has 2 aliphatic rings. The third-order valence-electron chi connectivity index (χ3n) is 10.0. The Morgan fingerprint density at radius 1 is 0.533 bits per heavy atom. The van der Waals surface area contributed by atoms with Crippen LogP contribution in [0.2, 0.25) is 0 Å². The lowest BCUT2D eigenvalue weighted by molar-refractivity contribution is 0.637. The summed E-state index contributed by atoms with van der Waals surface area (Å²) >= 11 is 5.16. The van der Waals surface area contributed by atoms with Crippen LogP contribution in [0.15, 0.2) is 60.7 Å². The van der Waals surface area contributed by atoms with Crippen LogP contribution in [0.4, 0.5) is 0 Å². The number of hydrogen-bond acceptors (Lipinski definition) is 5. The van der Waals surface area contributed by atoms with Crippen molar-refractivity contribution < 1.29 is 0 Å². The van der Waals surface area contributed by atoms with Crippen LogP contribution in [0.25, 0.3) is 52.8 Å². The van der Waals surface area contributed by atoms with Crippen LogP contribution < -0.4 is 0 Å². The molecule has 0 atom stereocenters. The number of thiophene rings is 2. The zero-order valence-electron chi connectivity index (χ0n) is 27.5. The summed E-state index contributed by atoms with van der Waals surface area (Å²) in [6, 6.07) is 23.8. The van der Waals surface area contributed by atoms with Gasteiger partial charge in [0.25, 0.3) is 0 Å². The second-order valence-electron chi connectivity index (χ2n) is 15.0. The molecule has 0 unspecified atom stereocenters. The molecule has 0 spiro atoms. The molecule has 228 valence electrons. The van der Waals surface area contributed by atoms with Gasteiger partial charge in [-0.1, -0.05) is 104 Å². The van der Waals surface area contributed by atoms with Gasteiger partial charge in [0.2, 0.25) is 0 Å². The van der Waals surface area contributed by atoms with Gasteiger partial charge in [0.15, 0.2) is 0 Å². The van der Waals surface area contributed by atoms with Crippen molar-refractivity contribution in [1.82, 2.24) is 8.75 Å². The van der Waals surface area contributed by atoms with Gasteiger partial charge in [-0.05, 0) is 81.3 Å². The highest BCUT2D eigenvalue weighted by Gasteiger charge is 2.39. The van der Waals surface area contributed by atoms with Crippen molar-refractivity contribution in [3.05, 3.63) is 94.0 Å². The van der Waals surface area contributed by atoms with E-state index in [-0.39, 0.29) is 10.8 Å². The molecule has 6 aromatic rings. The predicted molar refractivity (Wildman–Crippen MR) is 196 cm³/mol. The molecule has 0 N–H and O–H groups in total. The van der Waals surface area contributed by atoms with E-state index >= 15 is 0 Å². The summed E-state index contributed by atoms with van der Waals surface area (Å²) in [4.78, 5) is 5.40. The average Bonchev–Trinajstić information content (AvgIpc) is 3.79. The molecule has 0 saturated heterocycles. The molecule has 2 aliphatic carbocycles. The van der Waals surface area contributed by atoms with Crippen molar-refractivity contribution in [2.45, 2.75) is 79.1 Å². The minimum atomic E-state index is -0.0119. The molecule has 0 bridgehead atoms. The highest BCUT2D eigenvalue weighted by atomic mass is 32.1. The van der Waals surface area contributed by atoms with E-state index in [0.717, 1.165) is 23.9 Å². The first kappa shape index (κ1) is 29.3. The second kappa shape index (κ2) is 10.2. The van der Waals surface area contributed by atoms with Crippen molar-refractivity contribution in [2.75, 3.05) is 0 Å². The second-order valence-corrected chi connectivity index (χ2v) is 17.7. The van der Waals surface area contributed by atoms with Crippen LogP contribution in [-0.4, -0.2) is 8.75 Å². The maximum Gasteiger partial charge on any atom is 0.114 e. The van der Waals surface area contributed by atoms with E-state index in [2.05, 4.69) is 116 Å². The molecule has 8 rings (SSSR count). The molecule has 0 aliphatic heterocycles. The van der Waals surface area contributed by atoms with Crippen LogP contribution in [0.5, 0.6) is 0 Å². The fraction of sp³-hybridized carbons (Fsp3) is 0.350. The Bertz CT molecular complexity index is 1980. The lowest BCUT2D eigenvalue weighted by Gasteiger charge is -2.22. The third-order valence-corrected chi connectivity index (χ3v) is 13.0. The minimum absolute atomic E-state index is 0.0119. The number of fused-ring (bicyclic) bond motifs is 7. The van der Waals surface area contributed by atoms with E-state index in [1.807, 2.05) is 22.7 Å². The van der Waals surface area contributed by atoms with Gasteiger partial charge in [-0.2, -0.15) is 8.75 Å². The molecule has 3 aromatic heterocycles. The first-order chi connectivity index (χ1) is 21.4. The summed E-state index contributed by atoms with van der Waals surface area (Å²) in [6.07, 6.45) is 2.25.